The average molecular weight is 330 g/mol. The quantitative estimate of drug-likeness (QED) is 0.665. The van der Waals surface area contributed by atoms with E-state index < -0.39 is 0 Å². The van der Waals surface area contributed by atoms with Gasteiger partial charge in [0.1, 0.15) is 22.7 Å². The number of aromatic nitrogens is 1. The van der Waals surface area contributed by atoms with Gasteiger partial charge >= 0.3 is 0 Å². The lowest BCUT2D eigenvalue weighted by Gasteiger charge is -2.11. The number of thiazole rings is 1. The van der Waals surface area contributed by atoms with Crippen molar-refractivity contribution >= 4 is 33.3 Å². The van der Waals surface area contributed by atoms with Crippen LogP contribution in [0.4, 0.5) is 5.69 Å². The predicted octanol–water partition coefficient (Wildman–Crippen LogP) is 4.46. The minimum atomic E-state index is 0.0963. The summed E-state index contributed by atoms with van der Waals surface area (Å²) in [5, 5.41) is 18.6. The van der Waals surface area contributed by atoms with E-state index in [-0.39, 0.29) is 5.57 Å². The van der Waals surface area contributed by atoms with E-state index in [1.807, 2.05) is 56.6 Å². The molecule has 0 radical (unpaired) electrons. The zero-order chi connectivity index (χ0) is 17.1. The third-order valence-corrected chi connectivity index (χ3v) is 4.67. The first-order valence-corrected chi connectivity index (χ1v) is 8.12. The zero-order valence-electron chi connectivity index (χ0n) is 13.3. The van der Waals surface area contributed by atoms with Crippen molar-refractivity contribution in [1.29, 1.82) is 10.5 Å². The van der Waals surface area contributed by atoms with Crippen LogP contribution in [0, 0.1) is 22.7 Å². The summed E-state index contributed by atoms with van der Waals surface area (Å²) in [5.74, 6) is 0. The van der Waals surface area contributed by atoms with E-state index in [0.29, 0.717) is 0 Å². The first-order valence-electron chi connectivity index (χ1n) is 7.31. The molecule has 0 fully saturated rings. The summed E-state index contributed by atoms with van der Waals surface area (Å²) in [5.41, 5.74) is 4.08. The number of anilines is 1. The maximum absolute atomic E-state index is 8.81. The Morgan fingerprint density at radius 3 is 2.42 bits per heavy atom. The molecule has 0 amide bonds. The van der Waals surface area contributed by atoms with Crippen LogP contribution in [0.5, 0.6) is 0 Å². The fraction of sp³-hybridized carbons (Fsp3) is 0.105. The van der Waals surface area contributed by atoms with E-state index in [1.54, 1.807) is 17.4 Å². The van der Waals surface area contributed by atoms with Gasteiger partial charge in [-0.2, -0.15) is 10.5 Å². The highest BCUT2D eigenvalue weighted by Gasteiger charge is 2.08. The topological polar surface area (TPSA) is 63.7 Å². The minimum Gasteiger partial charge on any atom is -0.378 e. The van der Waals surface area contributed by atoms with Crippen LogP contribution in [0.2, 0.25) is 0 Å². The molecule has 0 bridgehead atoms. The van der Waals surface area contributed by atoms with Crippen LogP contribution in [-0.2, 0) is 0 Å². The number of nitriles is 2. The van der Waals surface area contributed by atoms with Gasteiger partial charge in [-0.05, 0) is 29.8 Å². The van der Waals surface area contributed by atoms with Crippen LogP contribution in [0.15, 0.2) is 48.0 Å². The van der Waals surface area contributed by atoms with Crippen molar-refractivity contribution in [3.63, 3.8) is 0 Å². The van der Waals surface area contributed by atoms with Gasteiger partial charge in [-0.1, -0.05) is 24.3 Å². The summed E-state index contributed by atoms with van der Waals surface area (Å²) < 4.78 is 1.15. The second kappa shape index (κ2) is 6.54. The fourth-order valence-electron chi connectivity index (χ4n) is 2.29. The van der Waals surface area contributed by atoms with Crippen LogP contribution in [-0.4, -0.2) is 19.1 Å². The molecule has 0 aliphatic heterocycles. The molecule has 0 unspecified atom stereocenters. The molecule has 1 heterocycles. The van der Waals surface area contributed by atoms with Gasteiger partial charge < -0.3 is 4.90 Å². The Morgan fingerprint density at radius 2 is 1.79 bits per heavy atom. The molecule has 0 atom stereocenters. The van der Waals surface area contributed by atoms with E-state index in [4.69, 9.17) is 10.5 Å². The Kier molecular flexibility index (Phi) is 4.29. The maximum Gasteiger partial charge on any atom is 0.130 e. The van der Waals surface area contributed by atoms with Gasteiger partial charge in [0, 0.05) is 25.3 Å². The van der Waals surface area contributed by atoms with Crippen molar-refractivity contribution in [2.45, 2.75) is 0 Å². The van der Waals surface area contributed by atoms with Gasteiger partial charge in [0.05, 0.1) is 10.2 Å². The van der Waals surface area contributed by atoms with Gasteiger partial charge in [0.2, 0.25) is 0 Å². The van der Waals surface area contributed by atoms with E-state index in [1.165, 1.54) is 0 Å². The molecule has 24 heavy (non-hydrogen) atoms. The van der Waals surface area contributed by atoms with Gasteiger partial charge in [-0.25, -0.2) is 4.98 Å². The molecule has 0 aliphatic carbocycles. The molecule has 5 heteroatoms. The fourth-order valence-corrected chi connectivity index (χ4v) is 3.30. The molecule has 4 nitrogen and oxygen atoms in total. The zero-order valence-corrected chi connectivity index (χ0v) is 14.1. The molecule has 116 valence electrons. The van der Waals surface area contributed by atoms with Gasteiger partial charge in [-0.15, -0.1) is 11.3 Å². The van der Waals surface area contributed by atoms with Crippen LogP contribution in [0.3, 0.4) is 0 Å². The largest absolute Gasteiger partial charge is 0.378 e. The number of hydrogen-bond donors (Lipinski definition) is 0. The van der Waals surface area contributed by atoms with Gasteiger partial charge in [-0.3, -0.25) is 0 Å². The molecule has 3 aromatic rings. The van der Waals surface area contributed by atoms with Gasteiger partial charge in [0.15, 0.2) is 0 Å². The average Bonchev–Trinajstić information content (AvgIpc) is 3.03. The van der Waals surface area contributed by atoms with Gasteiger partial charge in [0.25, 0.3) is 0 Å². The monoisotopic (exact) mass is 330 g/mol. The van der Waals surface area contributed by atoms with Crippen molar-refractivity contribution in [3.8, 4) is 22.7 Å². The summed E-state index contributed by atoms with van der Waals surface area (Å²) in [6, 6.07) is 17.7. The summed E-state index contributed by atoms with van der Waals surface area (Å²) >= 11 is 1.65. The number of benzene rings is 2. The van der Waals surface area contributed by atoms with E-state index in [2.05, 4.69) is 22.0 Å². The Bertz CT molecular complexity index is 983. The Hall–Kier alpha value is -3.15. The highest BCUT2D eigenvalue weighted by Crippen LogP contribution is 2.32. The smallest absolute Gasteiger partial charge is 0.130 e. The molecular formula is C19H14N4S. The molecule has 0 aliphatic rings. The maximum atomic E-state index is 8.81. The number of nitrogens with zero attached hydrogens (tertiary/aromatic N) is 4. The van der Waals surface area contributed by atoms with Crippen LogP contribution >= 0.6 is 11.3 Å². The standard InChI is InChI=1S/C19H14N4S/c1-23(2)16-7-8-17-18(10-16)24-19(22-17)15-5-3-13(4-6-15)9-14(11-20)12-21/h3-10H,1-2H3. The highest BCUT2D eigenvalue weighted by molar-refractivity contribution is 7.21. The predicted molar refractivity (Wildman–Crippen MR) is 98.6 cm³/mol. The summed E-state index contributed by atoms with van der Waals surface area (Å²) in [7, 11) is 4.04. The SMILES string of the molecule is CN(C)c1ccc2nc(-c3ccc(C=C(C#N)C#N)cc3)sc2c1. The molecule has 2 aromatic carbocycles. The molecule has 1 aromatic heterocycles. The Labute approximate surface area is 144 Å². The second-order valence-corrected chi connectivity index (χ2v) is 6.50. The first kappa shape index (κ1) is 15.7. The summed E-state index contributed by atoms with van der Waals surface area (Å²) in [6.45, 7) is 0. The second-order valence-electron chi connectivity index (χ2n) is 5.47. The van der Waals surface area contributed by atoms with Crippen molar-refractivity contribution < 1.29 is 0 Å². The van der Waals surface area contributed by atoms with Crippen molar-refractivity contribution in [2.24, 2.45) is 0 Å². The molecule has 0 spiro atoms. The number of hydrogen-bond acceptors (Lipinski definition) is 5. The van der Waals surface area contributed by atoms with E-state index in [9.17, 15) is 0 Å². The van der Waals surface area contributed by atoms with E-state index >= 15 is 0 Å². The van der Waals surface area contributed by atoms with Crippen LogP contribution in [0.25, 0.3) is 26.9 Å². The third kappa shape index (κ3) is 3.12. The van der Waals surface area contributed by atoms with Crippen molar-refractivity contribution in [2.75, 3.05) is 19.0 Å². The number of allylic oxidation sites excluding steroid dienone is 1. The first-order chi connectivity index (χ1) is 11.6. The summed E-state index contributed by atoms with van der Waals surface area (Å²) in [4.78, 5) is 6.76. The lowest BCUT2D eigenvalue weighted by molar-refractivity contribution is 1.14. The molecule has 0 saturated heterocycles. The minimum absolute atomic E-state index is 0.0963. The molecule has 0 N–H and O–H groups in total. The number of fused-ring (bicyclic) bond motifs is 1. The third-order valence-electron chi connectivity index (χ3n) is 3.60. The summed E-state index contributed by atoms with van der Waals surface area (Å²) in [6.07, 6.45) is 1.57. The van der Waals surface area contributed by atoms with Crippen LogP contribution in [0.1, 0.15) is 5.56 Å². The highest BCUT2D eigenvalue weighted by atomic mass is 32.1. The van der Waals surface area contributed by atoms with Crippen molar-refractivity contribution in [3.05, 3.63) is 53.6 Å². The lowest BCUT2D eigenvalue weighted by Crippen LogP contribution is -2.07. The lowest BCUT2D eigenvalue weighted by atomic mass is 10.1. The Balaban J connectivity index is 1.95. The normalized spacial score (nSPS) is 10.0. The van der Waals surface area contributed by atoms with Crippen molar-refractivity contribution in [1.82, 2.24) is 4.98 Å². The van der Waals surface area contributed by atoms with Crippen LogP contribution < -0.4 is 4.90 Å². The number of rotatable bonds is 3. The Morgan fingerprint density at radius 1 is 1.08 bits per heavy atom. The molecule has 0 saturated carbocycles. The molecule has 3 rings (SSSR count). The molecular weight excluding hydrogens is 316 g/mol. The van der Waals surface area contributed by atoms with E-state index in [0.717, 1.165) is 32.0 Å².